The van der Waals surface area contributed by atoms with Gasteiger partial charge in [-0.2, -0.15) is 0 Å². The van der Waals surface area contributed by atoms with Crippen LogP contribution >= 0.6 is 0 Å². The molecular formula is C26H30. The Labute approximate surface area is 158 Å². The van der Waals surface area contributed by atoms with Crippen molar-refractivity contribution in [2.24, 2.45) is 0 Å². The van der Waals surface area contributed by atoms with E-state index in [0.717, 1.165) is 0 Å². The predicted molar refractivity (Wildman–Crippen MR) is 115 cm³/mol. The van der Waals surface area contributed by atoms with E-state index in [0.29, 0.717) is 0 Å². The molecule has 0 aliphatic heterocycles. The molecular weight excluding hydrogens is 312 g/mol. The van der Waals surface area contributed by atoms with E-state index >= 15 is 0 Å². The molecule has 26 heavy (non-hydrogen) atoms. The van der Waals surface area contributed by atoms with Gasteiger partial charge in [0.05, 0.1) is 0 Å². The fraction of sp³-hybridized carbons (Fsp3) is 0.308. The first kappa shape index (κ1) is 18.5. The maximum atomic E-state index is 2.38. The standard InChI is InChI=1S/C26H30/c1-15-9-19(5)25(20(6)10-15)23-13-18(4)24(14-17(23)3)26-21(7)11-16(2)12-22(26)8/h9-14H,1-8H3. The minimum atomic E-state index is 1.33. The van der Waals surface area contributed by atoms with Crippen LogP contribution in [0.15, 0.2) is 36.4 Å². The molecule has 0 nitrogen and oxygen atoms in total. The summed E-state index contributed by atoms with van der Waals surface area (Å²) in [6.07, 6.45) is 0. The number of aryl methyl sites for hydroxylation is 8. The second-order valence-corrected chi connectivity index (χ2v) is 8.03. The Kier molecular flexibility index (Phi) is 4.80. The summed E-state index contributed by atoms with van der Waals surface area (Å²) in [6.45, 7) is 17.8. The van der Waals surface area contributed by atoms with Crippen LogP contribution in [-0.2, 0) is 0 Å². The predicted octanol–water partition coefficient (Wildman–Crippen LogP) is 7.49. The van der Waals surface area contributed by atoms with Crippen LogP contribution in [0.1, 0.15) is 44.5 Å². The number of benzene rings is 3. The summed E-state index contributed by atoms with van der Waals surface area (Å²) in [7, 11) is 0. The molecule has 3 aromatic carbocycles. The number of rotatable bonds is 2. The fourth-order valence-electron chi connectivity index (χ4n) is 4.56. The molecule has 0 fully saturated rings. The lowest BCUT2D eigenvalue weighted by Crippen LogP contribution is -1.97. The molecule has 0 aliphatic carbocycles. The zero-order valence-electron chi connectivity index (χ0n) is 17.5. The molecule has 0 spiro atoms. The molecule has 0 bridgehead atoms. The molecule has 0 aliphatic rings. The third kappa shape index (κ3) is 3.21. The van der Waals surface area contributed by atoms with E-state index in [9.17, 15) is 0 Å². The molecule has 3 rings (SSSR count). The first-order valence-corrected chi connectivity index (χ1v) is 9.46. The zero-order chi connectivity index (χ0) is 19.2. The van der Waals surface area contributed by atoms with Crippen molar-refractivity contribution in [1.29, 1.82) is 0 Å². The Balaban J connectivity index is 2.24. The van der Waals surface area contributed by atoms with Gasteiger partial charge in [-0.3, -0.25) is 0 Å². The Morgan fingerprint density at radius 3 is 0.885 bits per heavy atom. The van der Waals surface area contributed by atoms with E-state index in [4.69, 9.17) is 0 Å². The molecule has 3 aromatic rings. The largest absolute Gasteiger partial charge is 0.0557 e. The van der Waals surface area contributed by atoms with Gasteiger partial charge in [0.25, 0.3) is 0 Å². The van der Waals surface area contributed by atoms with Crippen molar-refractivity contribution >= 4 is 0 Å². The highest BCUT2D eigenvalue weighted by molar-refractivity contribution is 5.81. The van der Waals surface area contributed by atoms with Gasteiger partial charge >= 0.3 is 0 Å². The Hall–Kier alpha value is -2.34. The van der Waals surface area contributed by atoms with Crippen molar-refractivity contribution in [3.63, 3.8) is 0 Å². The maximum Gasteiger partial charge on any atom is -0.0122 e. The smallest absolute Gasteiger partial charge is 0.0122 e. The van der Waals surface area contributed by atoms with Gasteiger partial charge in [0, 0.05) is 0 Å². The highest BCUT2D eigenvalue weighted by Crippen LogP contribution is 2.37. The average Bonchev–Trinajstić information content (AvgIpc) is 2.49. The van der Waals surface area contributed by atoms with E-state index in [1.54, 1.807) is 0 Å². The molecule has 0 aromatic heterocycles. The second kappa shape index (κ2) is 6.76. The topological polar surface area (TPSA) is 0 Å². The lowest BCUT2D eigenvalue weighted by Gasteiger charge is -2.19. The van der Waals surface area contributed by atoms with E-state index < -0.39 is 0 Å². The fourth-order valence-corrected chi connectivity index (χ4v) is 4.56. The Morgan fingerprint density at radius 1 is 0.346 bits per heavy atom. The van der Waals surface area contributed by atoms with E-state index in [-0.39, 0.29) is 0 Å². The van der Waals surface area contributed by atoms with Gasteiger partial charge in [-0.1, -0.05) is 47.5 Å². The summed E-state index contributed by atoms with van der Waals surface area (Å²) in [5.74, 6) is 0. The van der Waals surface area contributed by atoms with Gasteiger partial charge in [0.2, 0.25) is 0 Å². The minimum absolute atomic E-state index is 1.33. The average molecular weight is 343 g/mol. The summed E-state index contributed by atoms with van der Waals surface area (Å²) in [6, 6.07) is 13.9. The van der Waals surface area contributed by atoms with Crippen LogP contribution in [0.25, 0.3) is 22.3 Å². The lowest BCUT2D eigenvalue weighted by atomic mass is 9.85. The summed E-state index contributed by atoms with van der Waals surface area (Å²) in [4.78, 5) is 0. The maximum absolute atomic E-state index is 2.38. The molecule has 0 heterocycles. The van der Waals surface area contributed by atoms with Crippen molar-refractivity contribution in [1.82, 2.24) is 0 Å². The van der Waals surface area contributed by atoms with E-state index in [2.05, 4.69) is 91.8 Å². The summed E-state index contributed by atoms with van der Waals surface area (Å²) >= 11 is 0. The highest BCUT2D eigenvalue weighted by atomic mass is 14.2. The molecule has 0 amide bonds. The SMILES string of the molecule is Cc1cc(C)c(-c2cc(C)c(-c3c(C)cc(C)cc3C)cc2C)c(C)c1. The Bertz CT molecular complexity index is 874. The van der Waals surface area contributed by atoms with Gasteiger partial charge in [-0.25, -0.2) is 0 Å². The summed E-state index contributed by atoms with van der Waals surface area (Å²) in [5, 5.41) is 0. The second-order valence-electron chi connectivity index (χ2n) is 8.03. The van der Waals surface area contributed by atoms with E-state index in [1.165, 1.54) is 66.8 Å². The zero-order valence-corrected chi connectivity index (χ0v) is 17.5. The number of hydrogen-bond donors (Lipinski definition) is 0. The molecule has 134 valence electrons. The van der Waals surface area contributed by atoms with Crippen molar-refractivity contribution in [2.75, 3.05) is 0 Å². The van der Waals surface area contributed by atoms with Crippen molar-refractivity contribution in [3.05, 3.63) is 80.9 Å². The van der Waals surface area contributed by atoms with Gasteiger partial charge in [0.1, 0.15) is 0 Å². The highest BCUT2D eigenvalue weighted by Gasteiger charge is 2.15. The van der Waals surface area contributed by atoms with Gasteiger partial charge < -0.3 is 0 Å². The Morgan fingerprint density at radius 2 is 0.615 bits per heavy atom. The number of hydrogen-bond acceptors (Lipinski definition) is 0. The summed E-state index contributed by atoms with van der Waals surface area (Å²) < 4.78 is 0. The first-order chi connectivity index (χ1) is 12.2. The molecule has 0 saturated heterocycles. The first-order valence-electron chi connectivity index (χ1n) is 9.46. The molecule has 0 unspecified atom stereocenters. The van der Waals surface area contributed by atoms with Gasteiger partial charge in [-0.15, -0.1) is 0 Å². The third-order valence-corrected chi connectivity index (χ3v) is 5.46. The van der Waals surface area contributed by atoms with E-state index in [1.807, 2.05) is 0 Å². The molecule has 0 N–H and O–H groups in total. The van der Waals surface area contributed by atoms with Crippen LogP contribution in [0.3, 0.4) is 0 Å². The van der Waals surface area contributed by atoms with Crippen molar-refractivity contribution in [3.8, 4) is 22.3 Å². The molecule has 0 heteroatoms. The van der Waals surface area contributed by atoms with Crippen LogP contribution in [0.2, 0.25) is 0 Å². The molecule has 0 atom stereocenters. The minimum Gasteiger partial charge on any atom is -0.0557 e. The van der Waals surface area contributed by atoms with Crippen LogP contribution in [0.4, 0.5) is 0 Å². The third-order valence-electron chi connectivity index (χ3n) is 5.46. The quantitative estimate of drug-likeness (QED) is 0.452. The summed E-state index contributed by atoms with van der Waals surface area (Å²) in [5.41, 5.74) is 16.3. The van der Waals surface area contributed by atoms with Crippen LogP contribution in [0.5, 0.6) is 0 Å². The molecule has 0 radical (unpaired) electrons. The monoisotopic (exact) mass is 342 g/mol. The lowest BCUT2D eigenvalue weighted by molar-refractivity contribution is 1.28. The van der Waals surface area contributed by atoms with Gasteiger partial charge in [0.15, 0.2) is 0 Å². The van der Waals surface area contributed by atoms with Crippen LogP contribution < -0.4 is 0 Å². The van der Waals surface area contributed by atoms with Crippen LogP contribution in [-0.4, -0.2) is 0 Å². The van der Waals surface area contributed by atoms with Crippen molar-refractivity contribution < 1.29 is 0 Å². The van der Waals surface area contributed by atoms with Crippen molar-refractivity contribution in [2.45, 2.75) is 55.4 Å². The normalized spacial score (nSPS) is 11.1. The molecule has 0 saturated carbocycles. The van der Waals surface area contributed by atoms with Gasteiger partial charge in [-0.05, 0) is 111 Å². The van der Waals surface area contributed by atoms with Crippen LogP contribution in [0, 0.1) is 55.4 Å².